The summed E-state index contributed by atoms with van der Waals surface area (Å²) in [5.41, 5.74) is 0.595. The van der Waals surface area contributed by atoms with Gasteiger partial charge in [-0.3, -0.25) is 19.4 Å². The molecule has 2 aliphatic rings. The molecule has 1 atom stereocenters. The van der Waals surface area contributed by atoms with Gasteiger partial charge in [-0.1, -0.05) is 19.3 Å². The Morgan fingerprint density at radius 3 is 2.36 bits per heavy atom. The lowest BCUT2D eigenvalue weighted by atomic mass is 9.95. The summed E-state index contributed by atoms with van der Waals surface area (Å²) in [6, 6.07) is 5.95. The van der Waals surface area contributed by atoms with Gasteiger partial charge in [0.05, 0.1) is 12.6 Å². The molecule has 0 spiro atoms. The Kier molecular flexibility index (Phi) is 7.39. The maximum Gasteiger partial charge on any atom is 0.238 e. The molecule has 28 heavy (non-hydrogen) atoms. The van der Waals surface area contributed by atoms with Gasteiger partial charge in [-0.2, -0.15) is 0 Å². The number of carbonyl (C=O) groups excluding carboxylic acids is 2. The summed E-state index contributed by atoms with van der Waals surface area (Å²) in [4.78, 5) is 29.0. The number of piperazine rings is 1. The van der Waals surface area contributed by atoms with E-state index in [9.17, 15) is 14.0 Å². The minimum absolute atomic E-state index is 0.108. The number of rotatable bonds is 6. The molecular weight excluding hydrogens is 359 g/mol. The number of amides is 2. The molecule has 6 nitrogen and oxygen atoms in total. The van der Waals surface area contributed by atoms with Crippen molar-refractivity contribution in [1.29, 1.82) is 0 Å². The van der Waals surface area contributed by atoms with Gasteiger partial charge < -0.3 is 10.6 Å². The summed E-state index contributed by atoms with van der Waals surface area (Å²) in [6.07, 6.45) is 5.87. The van der Waals surface area contributed by atoms with Gasteiger partial charge in [0.25, 0.3) is 0 Å². The van der Waals surface area contributed by atoms with Crippen molar-refractivity contribution < 1.29 is 14.0 Å². The van der Waals surface area contributed by atoms with Gasteiger partial charge in [0.15, 0.2) is 0 Å². The van der Waals surface area contributed by atoms with Crippen LogP contribution in [0.5, 0.6) is 0 Å². The number of benzene rings is 1. The average molecular weight is 391 g/mol. The molecule has 1 aliphatic carbocycles. The Labute approximate surface area is 166 Å². The lowest BCUT2D eigenvalue weighted by Crippen LogP contribution is -2.55. The Morgan fingerprint density at radius 2 is 1.71 bits per heavy atom. The van der Waals surface area contributed by atoms with E-state index >= 15 is 0 Å². The van der Waals surface area contributed by atoms with Gasteiger partial charge in [-0.05, 0) is 44.0 Å². The van der Waals surface area contributed by atoms with Crippen LogP contribution >= 0.6 is 0 Å². The number of anilines is 1. The highest BCUT2D eigenvalue weighted by Crippen LogP contribution is 2.18. The zero-order valence-electron chi connectivity index (χ0n) is 16.6. The van der Waals surface area contributed by atoms with E-state index in [-0.39, 0.29) is 23.7 Å². The monoisotopic (exact) mass is 390 g/mol. The van der Waals surface area contributed by atoms with E-state index in [1.165, 1.54) is 31.4 Å². The van der Waals surface area contributed by atoms with Gasteiger partial charge >= 0.3 is 0 Å². The predicted molar refractivity (Wildman–Crippen MR) is 108 cm³/mol. The van der Waals surface area contributed by atoms with Crippen LogP contribution in [0.3, 0.4) is 0 Å². The van der Waals surface area contributed by atoms with Crippen LogP contribution in [0.25, 0.3) is 0 Å². The predicted octanol–water partition coefficient (Wildman–Crippen LogP) is 2.22. The summed E-state index contributed by atoms with van der Waals surface area (Å²) in [5.74, 6) is -0.312. The van der Waals surface area contributed by atoms with Crippen molar-refractivity contribution in [3.8, 4) is 0 Å². The van der Waals surface area contributed by atoms with Crippen LogP contribution < -0.4 is 10.6 Å². The van der Waals surface area contributed by atoms with Crippen LogP contribution in [-0.4, -0.2) is 66.4 Å². The highest BCUT2D eigenvalue weighted by atomic mass is 19.1. The first-order valence-corrected chi connectivity index (χ1v) is 10.3. The fourth-order valence-electron chi connectivity index (χ4n) is 3.98. The maximum atomic E-state index is 12.9. The normalized spacial score (nSPS) is 20.5. The first-order valence-electron chi connectivity index (χ1n) is 10.3. The molecule has 0 bridgehead atoms. The van der Waals surface area contributed by atoms with E-state index in [1.807, 2.05) is 6.92 Å². The molecule has 1 aliphatic heterocycles. The van der Waals surface area contributed by atoms with Crippen LogP contribution in [0.15, 0.2) is 24.3 Å². The number of nitrogens with one attached hydrogen (secondary N) is 2. The van der Waals surface area contributed by atoms with Crippen molar-refractivity contribution in [2.24, 2.45) is 0 Å². The third-order valence-electron chi connectivity index (χ3n) is 5.78. The van der Waals surface area contributed by atoms with E-state index in [0.717, 1.165) is 39.0 Å². The van der Waals surface area contributed by atoms with Gasteiger partial charge in [0, 0.05) is 37.9 Å². The number of halogens is 1. The Morgan fingerprint density at radius 1 is 1.07 bits per heavy atom. The number of hydrogen-bond donors (Lipinski definition) is 2. The fraction of sp³-hybridized carbons (Fsp3) is 0.619. The largest absolute Gasteiger partial charge is 0.352 e. The molecule has 0 radical (unpaired) electrons. The minimum Gasteiger partial charge on any atom is -0.352 e. The lowest BCUT2D eigenvalue weighted by molar-refractivity contribution is -0.128. The van der Waals surface area contributed by atoms with Crippen LogP contribution in [0.2, 0.25) is 0 Å². The highest BCUT2D eigenvalue weighted by Gasteiger charge is 2.27. The Balaban J connectivity index is 1.39. The minimum atomic E-state index is -0.323. The van der Waals surface area contributed by atoms with E-state index < -0.39 is 0 Å². The van der Waals surface area contributed by atoms with Crippen LogP contribution in [0.1, 0.15) is 39.0 Å². The van der Waals surface area contributed by atoms with Crippen LogP contribution in [-0.2, 0) is 9.59 Å². The summed E-state index contributed by atoms with van der Waals surface area (Å²) in [6.45, 7) is 5.30. The maximum absolute atomic E-state index is 12.9. The zero-order chi connectivity index (χ0) is 19.9. The quantitative estimate of drug-likeness (QED) is 0.782. The van der Waals surface area contributed by atoms with Crippen molar-refractivity contribution in [3.05, 3.63) is 30.1 Å². The molecule has 7 heteroatoms. The molecule has 2 amide bonds. The summed E-state index contributed by atoms with van der Waals surface area (Å²) in [5, 5.41) is 5.99. The van der Waals surface area contributed by atoms with Crippen molar-refractivity contribution in [1.82, 2.24) is 15.1 Å². The smallest absolute Gasteiger partial charge is 0.238 e. The molecule has 1 unspecified atom stereocenters. The molecule has 0 aromatic heterocycles. The third-order valence-corrected chi connectivity index (χ3v) is 5.78. The van der Waals surface area contributed by atoms with E-state index in [1.54, 1.807) is 12.1 Å². The number of hydrogen-bond acceptors (Lipinski definition) is 4. The second-order valence-electron chi connectivity index (χ2n) is 7.89. The summed E-state index contributed by atoms with van der Waals surface area (Å²) in [7, 11) is 0. The Hall–Kier alpha value is -1.99. The standard InChI is InChI=1S/C21H31FN4O2/c1-16(21(28)24-18-5-3-2-4-6-18)26-13-11-25(12-14-26)15-20(27)23-19-9-7-17(22)8-10-19/h7-10,16,18H,2-6,11-15H2,1H3,(H,23,27)(H,24,28). The first-order chi connectivity index (χ1) is 13.5. The average Bonchev–Trinajstić information content (AvgIpc) is 2.70. The van der Waals surface area contributed by atoms with Gasteiger partial charge in [0.1, 0.15) is 5.82 Å². The number of carbonyl (C=O) groups is 2. The van der Waals surface area contributed by atoms with E-state index in [2.05, 4.69) is 20.4 Å². The topological polar surface area (TPSA) is 64.7 Å². The summed E-state index contributed by atoms with van der Waals surface area (Å²) < 4.78 is 12.9. The van der Waals surface area contributed by atoms with Gasteiger partial charge in [-0.15, -0.1) is 0 Å². The molecule has 2 fully saturated rings. The van der Waals surface area contributed by atoms with Crippen molar-refractivity contribution in [3.63, 3.8) is 0 Å². The van der Waals surface area contributed by atoms with Crippen molar-refractivity contribution in [2.45, 2.75) is 51.1 Å². The fourth-order valence-corrected chi connectivity index (χ4v) is 3.98. The highest BCUT2D eigenvalue weighted by molar-refractivity contribution is 5.92. The van der Waals surface area contributed by atoms with E-state index in [4.69, 9.17) is 0 Å². The van der Waals surface area contributed by atoms with Crippen molar-refractivity contribution in [2.75, 3.05) is 38.0 Å². The molecule has 1 heterocycles. The Bertz CT molecular complexity index is 653. The molecule has 1 saturated heterocycles. The van der Waals surface area contributed by atoms with Crippen LogP contribution in [0.4, 0.5) is 10.1 Å². The molecule has 154 valence electrons. The van der Waals surface area contributed by atoms with Gasteiger partial charge in [-0.25, -0.2) is 4.39 Å². The first kappa shape index (κ1) is 20.7. The second-order valence-corrected chi connectivity index (χ2v) is 7.89. The van der Waals surface area contributed by atoms with Crippen molar-refractivity contribution >= 4 is 17.5 Å². The van der Waals surface area contributed by atoms with E-state index in [0.29, 0.717) is 18.3 Å². The molecular formula is C21H31FN4O2. The second kappa shape index (κ2) is 9.98. The lowest BCUT2D eigenvalue weighted by Gasteiger charge is -2.37. The van der Waals surface area contributed by atoms with Crippen LogP contribution in [0, 0.1) is 5.82 Å². The molecule has 2 N–H and O–H groups in total. The molecule has 1 saturated carbocycles. The zero-order valence-corrected chi connectivity index (χ0v) is 16.6. The third kappa shape index (κ3) is 6.01. The molecule has 1 aromatic carbocycles. The number of nitrogens with zero attached hydrogens (tertiary/aromatic N) is 2. The SMILES string of the molecule is CC(C(=O)NC1CCCCC1)N1CCN(CC(=O)Nc2ccc(F)cc2)CC1. The molecule has 1 aromatic rings. The summed E-state index contributed by atoms with van der Waals surface area (Å²) >= 11 is 0. The van der Waals surface area contributed by atoms with Gasteiger partial charge in [0.2, 0.25) is 11.8 Å². The molecule has 3 rings (SSSR count).